The molecule has 0 heterocycles. The highest BCUT2D eigenvalue weighted by Gasteiger charge is 2.13. The van der Waals surface area contributed by atoms with Gasteiger partial charge in [-0.15, -0.1) is 0 Å². The summed E-state index contributed by atoms with van der Waals surface area (Å²) < 4.78 is 0. The first-order chi connectivity index (χ1) is 11.5. The smallest absolute Gasteiger partial charge is 0.0940 e. The van der Waals surface area contributed by atoms with E-state index in [0.29, 0.717) is 12.0 Å². The standard InChI is InChI=1S/C11H17N.C10H15NO.CH4/c1-9(10(2)12-3)11-7-5-4-6-8-11;1-8(11-2)10(12)9-6-4-3-5-7-9;/h4-10,12H,1-3H3;3-8,10-12H,1-2H3;1H4/t9-,10-;8-,10-;/m10./s1. The molecule has 3 heteroatoms. The van der Waals surface area contributed by atoms with Crippen molar-refractivity contribution in [1.29, 1.82) is 0 Å². The molecule has 3 N–H and O–H groups in total. The second-order valence-corrected chi connectivity index (χ2v) is 6.21. The number of rotatable bonds is 6. The zero-order valence-electron chi connectivity index (χ0n) is 15.5. The Morgan fingerprint density at radius 1 is 0.680 bits per heavy atom. The fourth-order valence-corrected chi connectivity index (χ4v) is 2.39. The molecule has 3 nitrogen and oxygen atoms in total. The number of aliphatic hydroxyl groups excluding tert-OH is 1. The maximum Gasteiger partial charge on any atom is 0.0940 e. The van der Waals surface area contributed by atoms with Crippen LogP contribution >= 0.6 is 0 Å². The van der Waals surface area contributed by atoms with Gasteiger partial charge in [0.2, 0.25) is 0 Å². The van der Waals surface area contributed by atoms with Gasteiger partial charge in [-0.25, -0.2) is 0 Å². The van der Waals surface area contributed by atoms with Crippen molar-refractivity contribution in [2.45, 2.75) is 52.3 Å². The van der Waals surface area contributed by atoms with Gasteiger partial charge < -0.3 is 15.7 Å². The first-order valence-electron chi connectivity index (χ1n) is 8.63. The summed E-state index contributed by atoms with van der Waals surface area (Å²) in [6, 6.07) is 20.9. The first kappa shape index (κ1) is 23.3. The summed E-state index contributed by atoms with van der Waals surface area (Å²) in [6.45, 7) is 6.41. The summed E-state index contributed by atoms with van der Waals surface area (Å²) in [6.07, 6.45) is -0.420. The first-order valence-corrected chi connectivity index (χ1v) is 8.63. The molecule has 0 aliphatic carbocycles. The molecule has 4 atom stereocenters. The van der Waals surface area contributed by atoms with Crippen LogP contribution in [0.1, 0.15) is 51.3 Å². The zero-order chi connectivity index (χ0) is 17.9. The molecule has 0 amide bonds. The van der Waals surface area contributed by atoms with Gasteiger partial charge in [0, 0.05) is 12.1 Å². The molecule has 0 spiro atoms. The molecule has 0 radical (unpaired) electrons. The number of hydrogen-bond donors (Lipinski definition) is 3. The van der Waals surface area contributed by atoms with Gasteiger partial charge in [0.05, 0.1) is 6.10 Å². The van der Waals surface area contributed by atoms with E-state index in [4.69, 9.17) is 0 Å². The van der Waals surface area contributed by atoms with Crippen LogP contribution < -0.4 is 10.6 Å². The van der Waals surface area contributed by atoms with Gasteiger partial charge >= 0.3 is 0 Å². The van der Waals surface area contributed by atoms with Crippen molar-refractivity contribution in [3.05, 3.63) is 71.8 Å². The summed E-state index contributed by atoms with van der Waals surface area (Å²) in [7, 11) is 3.85. The highest BCUT2D eigenvalue weighted by atomic mass is 16.3. The van der Waals surface area contributed by atoms with Crippen LogP contribution in [0.3, 0.4) is 0 Å². The fraction of sp³-hybridized carbons (Fsp3) is 0.455. The third-order valence-electron chi connectivity index (χ3n) is 4.60. The Morgan fingerprint density at radius 2 is 1.08 bits per heavy atom. The molecule has 0 bridgehead atoms. The molecule has 2 aromatic rings. The minimum Gasteiger partial charge on any atom is -0.387 e. The lowest BCUT2D eigenvalue weighted by molar-refractivity contribution is 0.140. The Kier molecular flexibility index (Phi) is 11.8. The van der Waals surface area contributed by atoms with Crippen LogP contribution in [0.2, 0.25) is 0 Å². The van der Waals surface area contributed by atoms with Gasteiger partial charge in [-0.05, 0) is 45.0 Å². The average molecular weight is 345 g/mol. The SMILES string of the molecule is C.CN[C@@H](C)[C@H](O)c1ccccc1.CN[C@H](C)[C@@H](C)c1ccccc1. The molecular weight excluding hydrogens is 308 g/mol. The normalized spacial score (nSPS) is 15.0. The van der Waals surface area contributed by atoms with Crippen LogP contribution in [-0.2, 0) is 0 Å². The zero-order valence-corrected chi connectivity index (χ0v) is 15.5. The second-order valence-electron chi connectivity index (χ2n) is 6.21. The Balaban J connectivity index is 0.000000443. The van der Waals surface area contributed by atoms with Crippen LogP contribution in [0.15, 0.2) is 60.7 Å². The topological polar surface area (TPSA) is 44.3 Å². The van der Waals surface area contributed by atoms with Crippen molar-refractivity contribution in [3.8, 4) is 0 Å². The third-order valence-corrected chi connectivity index (χ3v) is 4.60. The third kappa shape index (κ3) is 7.82. The molecular formula is C22H36N2O. The monoisotopic (exact) mass is 344 g/mol. The summed E-state index contributed by atoms with van der Waals surface area (Å²) in [5.74, 6) is 0.580. The molecule has 0 unspecified atom stereocenters. The number of likely N-dealkylation sites (N-methyl/N-ethyl adjacent to an activating group) is 2. The van der Waals surface area contributed by atoms with Crippen molar-refractivity contribution in [1.82, 2.24) is 10.6 Å². The lowest BCUT2D eigenvalue weighted by atomic mass is 9.95. The van der Waals surface area contributed by atoms with E-state index in [9.17, 15) is 5.11 Å². The minimum atomic E-state index is -0.420. The van der Waals surface area contributed by atoms with E-state index in [1.807, 2.05) is 51.4 Å². The highest BCUT2D eigenvalue weighted by Crippen LogP contribution is 2.17. The van der Waals surface area contributed by atoms with E-state index in [2.05, 4.69) is 54.8 Å². The highest BCUT2D eigenvalue weighted by molar-refractivity contribution is 5.20. The van der Waals surface area contributed by atoms with E-state index in [1.165, 1.54) is 5.56 Å². The van der Waals surface area contributed by atoms with Crippen LogP contribution in [0.4, 0.5) is 0 Å². The summed E-state index contributed by atoms with van der Waals surface area (Å²) in [5, 5.41) is 16.0. The van der Waals surface area contributed by atoms with Crippen molar-refractivity contribution in [2.24, 2.45) is 0 Å². The molecule has 2 aromatic carbocycles. The van der Waals surface area contributed by atoms with Gasteiger partial charge in [-0.1, -0.05) is 75.0 Å². The van der Waals surface area contributed by atoms with Crippen molar-refractivity contribution in [2.75, 3.05) is 14.1 Å². The molecule has 140 valence electrons. The molecule has 25 heavy (non-hydrogen) atoms. The molecule has 0 fully saturated rings. The summed E-state index contributed by atoms with van der Waals surface area (Å²) >= 11 is 0. The number of benzene rings is 2. The van der Waals surface area contributed by atoms with Gasteiger partial charge in [0.25, 0.3) is 0 Å². The Hall–Kier alpha value is -1.68. The Labute approximate surface area is 154 Å². The number of hydrogen-bond acceptors (Lipinski definition) is 3. The predicted molar refractivity (Wildman–Crippen MR) is 110 cm³/mol. The second kappa shape index (κ2) is 12.6. The quantitative estimate of drug-likeness (QED) is 0.729. The number of nitrogens with one attached hydrogen (secondary N) is 2. The van der Waals surface area contributed by atoms with Crippen molar-refractivity contribution in [3.63, 3.8) is 0 Å². The fourth-order valence-electron chi connectivity index (χ4n) is 2.39. The van der Waals surface area contributed by atoms with Gasteiger partial charge in [-0.2, -0.15) is 0 Å². The lowest BCUT2D eigenvalue weighted by Crippen LogP contribution is -2.28. The van der Waals surface area contributed by atoms with Gasteiger partial charge in [0.15, 0.2) is 0 Å². The maximum absolute atomic E-state index is 9.73. The van der Waals surface area contributed by atoms with E-state index in [-0.39, 0.29) is 13.5 Å². The Morgan fingerprint density at radius 3 is 1.48 bits per heavy atom. The molecule has 0 aromatic heterocycles. The van der Waals surface area contributed by atoms with E-state index in [1.54, 1.807) is 0 Å². The Bertz CT molecular complexity index is 493. The summed E-state index contributed by atoms with van der Waals surface area (Å²) in [5.41, 5.74) is 2.36. The molecule has 0 saturated carbocycles. The minimum absolute atomic E-state index is 0. The largest absolute Gasteiger partial charge is 0.387 e. The van der Waals surface area contributed by atoms with Gasteiger partial charge in [-0.3, -0.25) is 0 Å². The molecule has 2 rings (SSSR count). The predicted octanol–water partition coefficient (Wildman–Crippen LogP) is 4.36. The van der Waals surface area contributed by atoms with Crippen LogP contribution in [0.5, 0.6) is 0 Å². The van der Waals surface area contributed by atoms with E-state index in [0.717, 1.165) is 5.56 Å². The lowest BCUT2D eigenvalue weighted by Gasteiger charge is -2.19. The van der Waals surface area contributed by atoms with Crippen LogP contribution in [0.25, 0.3) is 0 Å². The van der Waals surface area contributed by atoms with E-state index >= 15 is 0 Å². The molecule has 0 aliphatic heterocycles. The number of aliphatic hydroxyl groups is 1. The maximum atomic E-state index is 9.73. The van der Waals surface area contributed by atoms with Crippen LogP contribution in [-0.4, -0.2) is 31.3 Å². The van der Waals surface area contributed by atoms with E-state index < -0.39 is 6.10 Å². The average Bonchev–Trinajstić information content (AvgIpc) is 2.67. The molecule has 0 saturated heterocycles. The molecule has 0 aliphatic rings. The van der Waals surface area contributed by atoms with Crippen molar-refractivity contribution >= 4 is 0 Å². The van der Waals surface area contributed by atoms with Gasteiger partial charge in [0.1, 0.15) is 0 Å². The van der Waals surface area contributed by atoms with Crippen LogP contribution in [0, 0.1) is 0 Å². The summed E-state index contributed by atoms with van der Waals surface area (Å²) in [4.78, 5) is 0. The van der Waals surface area contributed by atoms with Crippen molar-refractivity contribution < 1.29 is 5.11 Å².